The molecule has 4 rings (SSSR count). The van der Waals surface area contributed by atoms with Gasteiger partial charge in [-0.25, -0.2) is 9.07 Å². The second kappa shape index (κ2) is 8.25. The number of rotatable bonds is 6. The van der Waals surface area contributed by atoms with Gasteiger partial charge in [-0.1, -0.05) is 30.3 Å². The van der Waals surface area contributed by atoms with E-state index in [1.165, 1.54) is 11.6 Å². The van der Waals surface area contributed by atoms with Gasteiger partial charge in [0.2, 0.25) is 0 Å². The predicted octanol–water partition coefficient (Wildman–Crippen LogP) is 3.83. The fourth-order valence-corrected chi connectivity index (χ4v) is 4.30. The van der Waals surface area contributed by atoms with Crippen LogP contribution in [0.15, 0.2) is 67.0 Å². The van der Waals surface area contributed by atoms with Crippen molar-refractivity contribution < 1.29 is 9.50 Å². The molecule has 1 N–H and O–H groups in total. The number of nitrogens with zero attached hydrogens (tertiary/aromatic N) is 3. The number of likely N-dealkylation sites (tertiary alicyclic amines) is 1. The fraction of sp³-hybridized carbons (Fsp3) is 0.348. The molecular formula is C23H26FN3O. The first-order chi connectivity index (χ1) is 13.7. The third kappa shape index (κ3) is 4.16. The fourth-order valence-electron chi connectivity index (χ4n) is 4.30. The lowest BCUT2D eigenvalue weighted by atomic mass is 9.75. The third-order valence-corrected chi connectivity index (χ3v) is 5.68. The van der Waals surface area contributed by atoms with Gasteiger partial charge in [0, 0.05) is 30.9 Å². The lowest BCUT2D eigenvalue weighted by Crippen LogP contribution is -2.46. The first-order valence-electron chi connectivity index (χ1n) is 9.83. The molecule has 2 heterocycles. The lowest BCUT2D eigenvalue weighted by molar-refractivity contribution is 0.0283. The van der Waals surface area contributed by atoms with Crippen molar-refractivity contribution in [2.75, 3.05) is 19.7 Å². The maximum absolute atomic E-state index is 14.2. The monoisotopic (exact) mass is 379 g/mol. The summed E-state index contributed by atoms with van der Waals surface area (Å²) in [5.41, 5.74) is 2.66. The maximum Gasteiger partial charge on any atom is 0.126 e. The largest absolute Gasteiger partial charge is 0.396 e. The Bertz CT molecular complexity index is 912. The topological polar surface area (TPSA) is 41.3 Å². The Hall–Kier alpha value is -2.50. The van der Waals surface area contributed by atoms with Crippen molar-refractivity contribution in [3.63, 3.8) is 0 Å². The van der Waals surface area contributed by atoms with Crippen molar-refractivity contribution in [3.05, 3.63) is 83.9 Å². The van der Waals surface area contributed by atoms with Gasteiger partial charge in [0.25, 0.3) is 0 Å². The van der Waals surface area contributed by atoms with E-state index < -0.39 is 0 Å². The quantitative estimate of drug-likeness (QED) is 0.708. The Kier molecular flexibility index (Phi) is 5.55. The van der Waals surface area contributed by atoms with E-state index in [9.17, 15) is 9.50 Å². The Morgan fingerprint density at radius 3 is 2.79 bits per heavy atom. The number of halogens is 1. The summed E-state index contributed by atoms with van der Waals surface area (Å²) in [5.74, 6) is -0.181. The van der Waals surface area contributed by atoms with Gasteiger partial charge in [0.1, 0.15) is 5.82 Å². The molecule has 1 saturated heterocycles. The van der Waals surface area contributed by atoms with Gasteiger partial charge >= 0.3 is 0 Å². The van der Waals surface area contributed by atoms with Crippen molar-refractivity contribution in [1.82, 2.24) is 14.7 Å². The summed E-state index contributed by atoms with van der Waals surface area (Å²) in [6.45, 7) is 2.65. The molecule has 0 unspecified atom stereocenters. The number of aromatic nitrogens is 2. The van der Waals surface area contributed by atoms with Crippen LogP contribution < -0.4 is 0 Å². The van der Waals surface area contributed by atoms with Crippen LogP contribution >= 0.6 is 0 Å². The molecule has 146 valence electrons. The number of aliphatic hydroxyl groups excluding tert-OH is 1. The molecule has 3 aromatic rings. The minimum atomic E-state index is -0.292. The van der Waals surface area contributed by atoms with Crippen LogP contribution in [-0.4, -0.2) is 39.5 Å². The number of aliphatic hydroxyl groups is 1. The molecule has 0 bridgehead atoms. The van der Waals surface area contributed by atoms with Crippen molar-refractivity contribution in [2.45, 2.75) is 25.8 Å². The summed E-state index contributed by atoms with van der Waals surface area (Å²) < 4.78 is 16.0. The summed E-state index contributed by atoms with van der Waals surface area (Å²) in [5, 5.41) is 14.5. The highest BCUT2D eigenvalue weighted by Crippen LogP contribution is 2.34. The second-order valence-corrected chi connectivity index (χ2v) is 7.86. The molecule has 1 atom stereocenters. The second-order valence-electron chi connectivity index (χ2n) is 7.86. The number of piperidine rings is 1. The minimum Gasteiger partial charge on any atom is -0.396 e. The van der Waals surface area contributed by atoms with Gasteiger partial charge in [0.05, 0.1) is 12.3 Å². The minimum absolute atomic E-state index is 0.0746. The average molecular weight is 379 g/mol. The summed E-state index contributed by atoms with van der Waals surface area (Å²) in [7, 11) is 0. The molecule has 0 aliphatic carbocycles. The maximum atomic E-state index is 14.2. The van der Waals surface area contributed by atoms with Crippen LogP contribution in [0.2, 0.25) is 0 Å². The van der Waals surface area contributed by atoms with Crippen molar-refractivity contribution in [2.24, 2.45) is 5.41 Å². The zero-order valence-electron chi connectivity index (χ0n) is 16.0. The first kappa shape index (κ1) is 18.8. The zero-order chi connectivity index (χ0) is 19.4. The van der Waals surface area contributed by atoms with Crippen molar-refractivity contribution >= 4 is 0 Å². The van der Waals surface area contributed by atoms with Gasteiger partial charge in [-0.2, -0.15) is 5.10 Å². The van der Waals surface area contributed by atoms with Crippen molar-refractivity contribution in [3.8, 4) is 5.69 Å². The first-order valence-corrected chi connectivity index (χ1v) is 9.83. The summed E-state index contributed by atoms with van der Waals surface area (Å²) >= 11 is 0. The molecule has 1 fully saturated rings. The van der Waals surface area contributed by atoms with Gasteiger partial charge in [-0.3, -0.25) is 4.90 Å². The Balaban J connectivity index is 1.49. The molecule has 5 heteroatoms. The Morgan fingerprint density at radius 2 is 2.00 bits per heavy atom. The summed E-state index contributed by atoms with van der Waals surface area (Å²) in [6.07, 6.45) is 6.20. The van der Waals surface area contributed by atoms with Crippen molar-refractivity contribution in [1.29, 1.82) is 0 Å². The van der Waals surface area contributed by atoms with Gasteiger partial charge in [-0.05, 0) is 61.2 Å². The van der Waals surface area contributed by atoms with Crippen LogP contribution in [0, 0.1) is 11.2 Å². The van der Waals surface area contributed by atoms with Crippen LogP contribution in [0.25, 0.3) is 5.69 Å². The molecule has 0 amide bonds. The van der Waals surface area contributed by atoms with Gasteiger partial charge in [-0.15, -0.1) is 0 Å². The summed E-state index contributed by atoms with van der Waals surface area (Å²) in [6, 6.07) is 17.2. The highest BCUT2D eigenvalue weighted by Gasteiger charge is 2.35. The van der Waals surface area contributed by atoms with Gasteiger partial charge < -0.3 is 5.11 Å². The third-order valence-electron chi connectivity index (χ3n) is 5.68. The molecule has 4 nitrogen and oxygen atoms in total. The highest BCUT2D eigenvalue weighted by atomic mass is 19.1. The SMILES string of the molecule is OC[C@]1(Cc2ccccc2F)CCCN(Cc2cccc(-n3cccn3)c2)C1. The number of hydrogen-bond acceptors (Lipinski definition) is 3. The normalized spacial score (nSPS) is 20.4. The molecule has 28 heavy (non-hydrogen) atoms. The standard InChI is InChI=1S/C23H26FN3O/c24-22-9-2-1-7-20(22)15-23(18-28)10-4-12-26(17-23)16-19-6-3-8-21(14-19)27-13-5-11-25-27/h1-3,5-9,11,13-14,28H,4,10,12,15-18H2/t23-/m0/s1. The van der Waals surface area contributed by atoms with E-state index in [-0.39, 0.29) is 17.8 Å². The van der Waals surface area contributed by atoms with Crippen LogP contribution in [-0.2, 0) is 13.0 Å². The van der Waals surface area contributed by atoms with E-state index in [1.54, 1.807) is 12.3 Å². The van der Waals surface area contributed by atoms with E-state index in [0.29, 0.717) is 12.0 Å². The highest BCUT2D eigenvalue weighted by molar-refractivity contribution is 5.35. The smallest absolute Gasteiger partial charge is 0.126 e. The molecule has 1 aliphatic heterocycles. The lowest BCUT2D eigenvalue weighted by Gasteiger charge is -2.42. The van der Waals surface area contributed by atoms with E-state index in [4.69, 9.17) is 0 Å². The molecule has 0 spiro atoms. The molecule has 1 aliphatic rings. The van der Waals surface area contributed by atoms with E-state index in [1.807, 2.05) is 35.1 Å². The average Bonchev–Trinajstić information content (AvgIpc) is 3.25. The van der Waals surface area contributed by atoms with E-state index >= 15 is 0 Å². The van der Waals surface area contributed by atoms with Crippen LogP contribution in [0.5, 0.6) is 0 Å². The molecular weight excluding hydrogens is 353 g/mol. The Morgan fingerprint density at radius 1 is 1.11 bits per heavy atom. The number of hydrogen-bond donors (Lipinski definition) is 1. The van der Waals surface area contributed by atoms with Crippen LogP contribution in [0.3, 0.4) is 0 Å². The van der Waals surface area contributed by atoms with Crippen LogP contribution in [0.4, 0.5) is 4.39 Å². The van der Waals surface area contributed by atoms with Crippen LogP contribution in [0.1, 0.15) is 24.0 Å². The molecule has 2 aromatic carbocycles. The number of benzene rings is 2. The van der Waals surface area contributed by atoms with E-state index in [2.05, 4.69) is 28.2 Å². The summed E-state index contributed by atoms with van der Waals surface area (Å²) in [4.78, 5) is 2.38. The molecule has 0 saturated carbocycles. The molecule has 1 aromatic heterocycles. The Labute approximate surface area is 165 Å². The van der Waals surface area contributed by atoms with E-state index in [0.717, 1.165) is 38.2 Å². The zero-order valence-corrected chi connectivity index (χ0v) is 16.0. The van der Waals surface area contributed by atoms with Gasteiger partial charge in [0.15, 0.2) is 0 Å². The molecule has 0 radical (unpaired) electrons. The predicted molar refractivity (Wildman–Crippen MR) is 108 cm³/mol.